The minimum atomic E-state index is -4.42. The summed E-state index contributed by atoms with van der Waals surface area (Å²) < 4.78 is 37.5. The van der Waals surface area contributed by atoms with Gasteiger partial charge in [0.1, 0.15) is 0 Å². The number of alkyl halides is 3. The van der Waals surface area contributed by atoms with Crippen LogP contribution in [0, 0.1) is 0 Å². The van der Waals surface area contributed by atoms with Gasteiger partial charge in [-0.05, 0) is 30.7 Å². The Morgan fingerprint density at radius 2 is 2.00 bits per heavy atom. The highest BCUT2D eigenvalue weighted by atomic mass is 35.5. The number of nitrogens with two attached hydrogens (primary N) is 1. The molecule has 0 fully saturated rings. The Morgan fingerprint density at radius 1 is 1.31 bits per heavy atom. The van der Waals surface area contributed by atoms with E-state index >= 15 is 0 Å². The lowest BCUT2D eigenvalue weighted by Crippen LogP contribution is -2.05. The zero-order valence-electron chi connectivity index (χ0n) is 8.39. The van der Waals surface area contributed by atoms with Gasteiger partial charge in [0.25, 0.3) is 0 Å². The molecule has 0 heterocycles. The standard InChI is InChI=1S/C11H11ClF3N/c12-10-5-4-8(3-1-2-6-16)7-9(10)11(13,14)15/h1,3-5,7H,2,6,16H2. The minimum absolute atomic E-state index is 0.288. The Labute approximate surface area is 96.7 Å². The highest BCUT2D eigenvalue weighted by Gasteiger charge is 2.33. The average Bonchev–Trinajstić information content (AvgIpc) is 2.19. The molecule has 0 bridgehead atoms. The van der Waals surface area contributed by atoms with Crippen LogP contribution in [0.2, 0.25) is 5.02 Å². The average molecular weight is 250 g/mol. The molecule has 1 nitrogen and oxygen atoms in total. The van der Waals surface area contributed by atoms with E-state index < -0.39 is 11.7 Å². The van der Waals surface area contributed by atoms with E-state index in [-0.39, 0.29) is 5.02 Å². The molecule has 0 aliphatic rings. The highest BCUT2D eigenvalue weighted by molar-refractivity contribution is 6.31. The number of benzene rings is 1. The van der Waals surface area contributed by atoms with E-state index in [2.05, 4.69) is 0 Å². The third kappa shape index (κ3) is 3.54. The topological polar surface area (TPSA) is 26.0 Å². The molecule has 0 aliphatic heterocycles. The second-order valence-electron chi connectivity index (χ2n) is 3.22. The summed E-state index contributed by atoms with van der Waals surface area (Å²) in [5.41, 5.74) is 4.91. The minimum Gasteiger partial charge on any atom is -0.330 e. The molecule has 2 N–H and O–H groups in total. The Kier molecular flexibility index (Phi) is 4.38. The number of halogens is 4. The zero-order chi connectivity index (χ0) is 12.2. The largest absolute Gasteiger partial charge is 0.417 e. The predicted octanol–water partition coefficient (Wildman–Crippen LogP) is 3.72. The highest BCUT2D eigenvalue weighted by Crippen LogP contribution is 2.35. The summed E-state index contributed by atoms with van der Waals surface area (Å²) in [7, 11) is 0. The normalized spacial score (nSPS) is 12.3. The molecule has 1 aromatic carbocycles. The van der Waals surface area contributed by atoms with Crippen LogP contribution in [0.15, 0.2) is 24.3 Å². The number of rotatable bonds is 3. The fraction of sp³-hybridized carbons (Fsp3) is 0.273. The van der Waals surface area contributed by atoms with Crippen LogP contribution >= 0.6 is 11.6 Å². The van der Waals surface area contributed by atoms with Crippen LogP contribution in [-0.4, -0.2) is 6.54 Å². The van der Waals surface area contributed by atoms with Crippen molar-refractivity contribution in [2.45, 2.75) is 12.6 Å². The van der Waals surface area contributed by atoms with E-state index in [1.807, 2.05) is 0 Å². The Balaban J connectivity index is 2.99. The second kappa shape index (κ2) is 5.37. The molecule has 0 spiro atoms. The van der Waals surface area contributed by atoms with Crippen LogP contribution in [0.25, 0.3) is 6.08 Å². The van der Waals surface area contributed by atoms with Crippen molar-refractivity contribution in [1.29, 1.82) is 0 Å². The van der Waals surface area contributed by atoms with Crippen LogP contribution < -0.4 is 5.73 Å². The molecule has 0 saturated carbocycles. The summed E-state index contributed by atoms with van der Waals surface area (Å²) in [4.78, 5) is 0. The molecule has 0 radical (unpaired) electrons. The van der Waals surface area contributed by atoms with Gasteiger partial charge in [0.15, 0.2) is 0 Å². The summed E-state index contributed by atoms with van der Waals surface area (Å²) in [5.74, 6) is 0. The van der Waals surface area contributed by atoms with Crippen molar-refractivity contribution in [2.75, 3.05) is 6.54 Å². The lowest BCUT2D eigenvalue weighted by molar-refractivity contribution is -0.137. The van der Waals surface area contributed by atoms with Crippen LogP contribution in [0.3, 0.4) is 0 Å². The van der Waals surface area contributed by atoms with Crippen LogP contribution in [-0.2, 0) is 6.18 Å². The Bertz CT molecular complexity index is 385. The van der Waals surface area contributed by atoms with Crippen molar-refractivity contribution in [3.8, 4) is 0 Å². The Hall–Kier alpha value is -1.00. The summed E-state index contributed by atoms with van der Waals surface area (Å²) in [5, 5.41) is -0.288. The SMILES string of the molecule is NCCC=Cc1ccc(Cl)c(C(F)(F)F)c1. The van der Waals surface area contributed by atoms with E-state index in [0.717, 1.165) is 6.07 Å². The molecule has 88 valence electrons. The van der Waals surface area contributed by atoms with Crippen molar-refractivity contribution in [3.05, 3.63) is 40.4 Å². The van der Waals surface area contributed by atoms with Gasteiger partial charge in [0, 0.05) is 0 Å². The molecule has 5 heteroatoms. The monoisotopic (exact) mass is 249 g/mol. The van der Waals surface area contributed by atoms with Gasteiger partial charge in [-0.3, -0.25) is 0 Å². The quantitative estimate of drug-likeness (QED) is 0.868. The van der Waals surface area contributed by atoms with Gasteiger partial charge in [-0.2, -0.15) is 13.2 Å². The molecule has 0 unspecified atom stereocenters. The first-order chi connectivity index (χ1) is 7.45. The van der Waals surface area contributed by atoms with Gasteiger partial charge in [0.05, 0.1) is 10.6 Å². The second-order valence-corrected chi connectivity index (χ2v) is 3.62. The van der Waals surface area contributed by atoms with Gasteiger partial charge in [-0.25, -0.2) is 0 Å². The van der Waals surface area contributed by atoms with Gasteiger partial charge in [0.2, 0.25) is 0 Å². The van der Waals surface area contributed by atoms with Crippen LogP contribution in [0.5, 0.6) is 0 Å². The van der Waals surface area contributed by atoms with Gasteiger partial charge in [-0.1, -0.05) is 29.8 Å². The molecule has 0 aliphatic carbocycles. The first kappa shape index (κ1) is 13.1. The molecule has 0 atom stereocenters. The maximum atomic E-state index is 12.5. The van der Waals surface area contributed by atoms with E-state index in [1.165, 1.54) is 12.1 Å². The molecule has 1 rings (SSSR count). The zero-order valence-corrected chi connectivity index (χ0v) is 9.15. The van der Waals surface area contributed by atoms with Crippen molar-refractivity contribution < 1.29 is 13.2 Å². The van der Waals surface area contributed by atoms with Crippen molar-refractivity contribution in [3.63, 3.8) is 0 Å². The molecule has 0 saturated heterocycles. The first-order valence-electron chi connectivity index (χ1n) is 4.68. The lowest BCUT2D eigenvalue weighted by Gasteiger charge is -2.09. The van der Waals surface area contributed by atoms with Gasteiger partial charge >= 0.3 is 6.18 Å². The number of hydrogen-bond acceptors (Lipinski definition) is 1. The Morgan fingerprint density at radius 3 is 2.56 bits per heavy atom. The third-order valence-corrected chi connectivity index (χ3v) is 2.27. The summed E-state index contributed by atoms with van der Waals surface area (Å²) in [6.07, 6.45) is -0.472. The van der Waals surface area contributed by atoms with E-state index in [4.69, 9.17) is 17.3 Å². The fourth-order valence-corrected chi connectivity index (χ4v) is 1.40. The maximum Gasteiger partial charge on any atom is 0.417 e. The van der Waals surface area contributed by atoms with Gasteiger partial charge in [-0.15, -0.1) is 0 Å². The fourth-order valence-electron chi connectivity index (χ4n) is 1.18. The smallest absolute Gasteiger partial charge is 0.330 e. The first-order valence-corrected chi connectivity index (χ1v) is 5.06. The molecule has 0 aromatic heterocycles. The van der Waals surface area contributed by atoms with Crippen molar-refractivity contribution in [1.82, 2.24) is 0 Å². The van der Waals surface area contributed by atoms with Crippen molar-refractivity contribution >= 4 is 17.7 Å². The predicted molar refractivity (Wildman–Crippen MR) is 59.2 cm³/mol. The molecule has 16 heavy (non-hydrogen) atoms. The lowest BCUT2D eigenvalue weighted by atomic mass is 10.1. The van der Waals surface area contributed by atoms with Crippen LogP contribution in [0.1, 0.15) is 17.5 Å². The molecule has 1 aromatic rings. The summed E-state index contributed by atoms with van der Waals surface area (Å²) in [6.45, 7) is 0.468. The van der Waals surface area contributed by atoms with Gasteiger partial charge < -0.3 is 5.73 Å². The van der Waals surface area contributed by atoms with Crippen LogP contribution in [0.4, 0.5) is 13.2 Å². The summed E-state index contributed by atoms with van der Waals surface area (Å²) in [6, 6.07) is 3.80. The van der Waals surface area contributed by atoms with Crippen molar-refractivity contribution in [2.24, 2.45) is 5.73 Å². The molecular formula is C11H11ClF3N. The number of hydrogen-bond donors (Lipinski definition) is 1. The third-order valence-electron chi connectivity index (χ3n) is 1.94. The maximum absolute atomic E-state index is 12.5. The molecule has 0 amide bonds. The molecular weight excluding hydrogens is 239 g/mol. The van der Waals surface area contributed by atoms with E-state index in [1.54, 1.807) is 12.2 Å². The van der Waals surface area contributed by atoms with E-state index in [9.17, 15) is 13.2 Å². The summed E-state index contributed by atoms with van der Waals surface area (Å²) >= 11 is 5.48. The van der Waals surface area contributed by atoms with E-state index in [0.29, 0.717) is 18.5 Å².